The molecule has 0 aromatic heterocycles. The summed E-state index contributed by atoms with van der Waals surface area (Å²) in [7, 11) is 0. The first-order valence-electron chi connectivity index (χ1n) is 8.51. The molecule has 0 saturated carbocycles. The van der Waals surface area contributed by atoms with E-state index in [9.17, 15) is 9.59 Å². The molecule has 4 heteroatoms. The lowest BCUT2D eigenvalue weighted by Crippen LogP contribution is -2.41. The first-order chi connectivity index (χ1) is 11.7. The first kappa shape index (κ1) is 14.9. The molecule has 2 amide bonds. The second kappa shape index (κ2) is 5.78. The summed E-state index contributed by atoms with van der Waals surface area (Å²) >= 11 is 0. The van der Waals surface area contributed by atoms with E-state index >= 15 is 0 Å². The standard InChI is InChI=1S/C20H20N2O2/c1-2-3-12-21-18-16-10-6-7-11-17(16)20(24)22(18)13-14-8-4-5-9-15(14)19(21)23/h4-11,18H,2-3,12-13H2,1H3. The average Bonchev–Trinajstić information content (AvgIpc) is 2.81. The van der Waals surface area contributed by atoms with Crippen LogP contribution < -0.4 is 0 Å². The molecule has 4 nitrogen and oxygen atoms in total. The number of carbonyl (C=O) groups excluding carboxylic acids is 2. The highest BCUT2D eigenvalue weighted by Crippen LogP contribution is 2.40. The monoisotopic (exact) mass is 320 g/mol. The lowest BCUT2D eigenvalue weighted by Gasteiger charge is -2.33. The molecule has 1 unspecified atom stereocenters. The molecule has 2 aliphatic heterocycles. The summed E-state index contributed by atoms with van der Waals surface area (Å²) in [5, 5.41) is 0. The predicted molar refractivity (Wildman–Crippen MR) is 91.4 cm³/mol. The van der Waals surface area contributed by atoms with Crippen molar-refractivity contribution in [2.45, 2.75) is 32.5 Å². The van der Waals surface area contributed by atoms with Crippen molar-refractivity contribution in [3.05, 3.63) is 70.8 Å². The van der Waals surface area contributed by atoms with E-state index < -0.39 is 0 Å². The molecule has 2 aromatic carbocycles. The molecule has 0 saturated heterocycles. The third kappa shape index (κ3) is 2.13. The fraction of sp³-hybridized carbons (Fsp3) is 0.300. The molecule has 2 aromatic rings. The van der Waals surface area contributed by atoms with E-state index in [0.29, 0.717) is 18.7 Å². The van der Waals surface area contributed by atoms with Gasteiger partial charge in [0, 0.05) is 29.8 Å². The smallest absolute Gasteiger partial charge is 0.256 e. The molecule has 4 rings (SSSR count). The van der Waals surface area contributed by atoms with Crippen molar-refractivity contribution in [2.24, 2.45) is 0 Å². The minimum atomic E-state index is -0.292. The van der Waals surface area contributed by atoms with Crippen LogP contribution in [0.1, 0.15) is 57.8 Å². The minimum Gasteiger partial charge on any atom is -0.314 e. The number of carbonyl (C=O) groups is 2. The lowest BCUT2D eigenvalue weighted by molar-refractivity contribution is 0.0339. The molecule has 2 aliphatic rings. The lowest BCUT2D eigenvalue weighted by atomic mass is 10.0. The predicted octanol–water partition coefficient (Wildman–Crippen LogP) is 3.60. The van der Waals surface area contributed by atoms with E-state index in [4.69, 9.17) is 0 Å². The van der Waals surface area contributed by atoms with Crippen LogP contribution in [0.3, 0.4) is 0 Å². The number of hydrogen-bond acceptors (Lipinski definition) is 2. The van der Waals surface area contributed by atoms with Crippen molar-refractivity contribution >= 4 is 11.8 Å². The second-order valence-corrected chi connectivity index (χ2v) is 6.40. The molecular formula is C20H20N2O2. The van der Waals surface area contributed by atoms with Gasteiger partial charge in [0.15, 0.2) is 0 Å². The van der Waals surface area contributed by atoms with Gasteiger partial charge >= 0.3 is 0 Å². The molecule has 2 heterocycles. The van der Waals surface area contributed by atoms with Crippen LogP contribution >= 0.6 is 0 Å². The first-order valence-corrected chi connectivity index (χ1v) is 8.51. The zero-order chi connectivity index (χ0) is 16.7. The fourth-order valence-electron chi connectivity index (χ4n) is 3.71. The van der Waals surface area contributed by atoms with E-state index in [0.717, 1.165) is 29.5 Å². The Balaban J connectivity index is 1.86. The normalized spacial score (nSPS) is 19.0. The molecule has 1 atom stereocenters. The van der Waals surface area contributed by atoms with Gasteiger partial charge in [-0.15, -0.1) is 0 Å². The van der Waals surface area contributed by atoms with Crippen molar-refractivity contribution < 1.29 is 9.59 Å². The van der Waals surface area contributed by atoms with Gasteiger partial charge in [-0.2, -0.15) is 0 Å². The topological polar surface area (TPSA) is 40.6 Å². The molecule has 0 N–H and O–H groups in total. The molecular weight excluding hydrogens is 300 g/mol. The number of benzene rings is 2. The van der Waals surface area contributed by atoms with E-state index in [-0.39, 0.29) is 18.0 Å². The van der Waals surface area contributed by atoms with Crippen molar-refractivity contribution in [3.8, 4) is 0 Å². The summed E-state index contributed by atoms with van der Waals surface area (Å²) in [6.45, 7) is 3.25. The maximum Gasteiger partial charge on any atom is 0.256 e. The Hall–Kier alpha value is -2.62. The molecule has 0 fully saturated rings. The van der Waals surface area contributed by atoms with Gasteiger partial charge in [0.2, 0.25) is 0 Å². The van der Waals surface area contributed by atoms with Gasteiger partial charge in [0.1, 0.15) is 6.17 Å². The number of rotatable bonds is 3. The average molecular weight is 320 g/mol. The van der Waals surface area contributed by atoms with Crippen LogP contribution in [0.15, 0.2) is 48.5 Å². The van der Waals surface area contributed by atoms with Crippen molar-refractivity contribution in [1.29, 1.82) is 0 Å². The Morgan fingerprint density at radius 1 is 0.958 bits per heavy atom. The molecule has 122 valence electrons. The summed E-state index contributed by atoms with van der Waals surface area (Å²) < 4.78 is 0. The Morgan fingerprint density at radius 2 is 1.67 bits per heavy atom. The van der Waals surface area contributed by atoms with Gasteiger partial charge in [0.05, 0.1) is 0 Å². The summed E-state index contributed by atoms with van der Waals surface area (Å²) in [6.07, 6.45) is 1.64. The molecule has 24 heavy (non-hydrogen) atoms. The third-order valence-corrected chi connectivity index (χ3v) is 4.92. The maximum absolute atomic E-state index is 13.2. The molecule has 0 bridgehead atoms. The zero-order valence-corrected chi connectivity index (χ0v) is 13.7. The zero-order valence-electron chi connectivity index (χ0n) is 13.7. The quantitative estimate of drug-likeness (QED) is 0.867. The van der Waals surface area contributed by atoms with Crippen molar-refractivity contribution in [2.75, 3.05) is 6.54 Å². The van der Waals surface area contributed by atoms with E-state index in [1.807, 2.05) is 58.3 Å². The van der Waals surface area contributed by atoms with Crippen LogP contribution in [0.5, 0.6) is 0 Å². The molecule has 0 spiro atoms. The number of hydrogen-bond donors (Lipinski definition) is 0. The number of unbranched alkanes of at least 4 members (excludes halogenated alkanes) is 1. The van der Waals surface area contributed by atoms with Gasteiger partial charge in [-0.3, -0.25) is 9.59 Å². The Labute approximate surface area is 141 Å². The highest BCUT2D eigenvalue weighted by Gasteiger charge is 2.44. The summed E-state index contributed by atoms with van der Waals surface area (Å²) in [6, 6.07) is 15.3. The molecule has 0 aliphatic carbocycles. The fourth-order valence-corrected chi connectivity index (χ4v) is 3.71. The van der Waals surface area contributed by atoms with E-state index in [1.165, 1.54) is 0 Å². The SMILES string of the molecule is CCCCN1C(=O)c2ccccc2CN2C(=O)c3ccccc3C12. The van der Waals surface area contributed by atoms with Gasteiger partial charge in [-0.1, -0.05) is 49.7 Å². The Morgan fingerprint density at radius 3 is 2.46 bits per heavy atom. The van der Waals surface area contributed by atoms with Crippen LogP contribution in [-0.2, 0) is 6.54 Å². The van der Waals surface area contributed by atoms with Crippen LogP contribution in [0.4, 0.5) is 0 Å². The highest BCUT2D eigenvalue weighted by molar-refractivity contribution is 6.02. The number of nitrogens with zero attached hydrogens (tertiary/aromatic N) is 2. The van der Waals surface area contributed by atoms with E-state index in [2.05, 4.69) is 6.92 Å². The highest BCUT2D eigenvalue weighted by atomic mass is 16.2. The van der Waals surface area contributed by atoms with Gasteiger partial charge in [0.25, 0.3) is 11.8 Å². The van der Waals surface area contributed by atoms with Crippen LogP contribution in [-0.4, -0.2) is 28.2 Å². The summed E-state index contributed by atoms with van der Waals surface area (Å²) in [5.74, 6) is 0.0395. The van der Waals surface area contributed by atoms with Gasteiger partial charge in [-0.25, -0.2) is 0 Å². The van der Waals surface area contributed by atoms with Crippen molar-refractivity contribution in [3.63, 3.8) is 0 Å². The van der Waals surface area contributed by atoms with Crippen LogP contribution in [0, 0.1) is 0 Å². The number of amides is 2. The van der Waals surface area contributed by atoms with Crippen LogP contribution in [0.25, 0.3) is 0 Å². The van der Waals surface area contributed by atoms with Gasteiger partial charge in [-0.05, 0) is 24.1 Å². The second-order valence-electron chi connectivity index (χ2n) is 6.40. The van der Waals surface area contributed by atoms with Gasteiger partial charge < -0.3 is 9.80 Å². The number of fused-ring (bicyclic) bond motifs is 4. The third-order valence-electron chi connectivity index (χ3n) is 4.92. The largest absolute Gasteiger partial charge is 0.314 e. The van der Waals surface area contributed by atoms with Crippen molar-refractivity contribution in [1.82, 2.24) is 9.80 Å². The van der Waals surface area contributed by atoms with Crippen LogP contribution in [0.2, 0.25) is 0 Å². The summed E-state index contributed by atoms with van der Waals surface area (Å²) in [5.41, 5.74) is 3.30. The minimum absolute atomic E-state index is 0.0154. The Bertz CT molecular complexity index is 815. The molecule has 0 radical (unpaired) electrons. The van der Waals surface area contributed by atoms with E-state index in [1.54, 1.807) is 0 Å². The Kier molecular flexibility index (Phi) is 3.60. The maximum atomic E-state index is 13.2. The summed E-state index contributed by atoms with van der Waals surface area (Å²) in [4.78, 5) is 29.8.